The molecule has 3 aliphatic carbocycles. The van der Waals surface area contributed by atoms with Crippen molar-refractivity contribution in [2.45, 2.75) is 17.9 Å². The molecule has 1 aliphatic heterocycles. The van der Waals surface area contributed by atoms with Gasteiger partial charge in [-0.15, -0.1) is 0 Å². The quantitative estimate of drug-likeness (QED) is 0.626. The monoisotopic (exact) mass is 390 g/mol. The van der Waals surface area contributed by atoms with E-state index in [1.165, 1.54) is 4.90 Å². The van der Waals surface area contributed by atoms with Crippen LogP contribution in [-0.2, 0) is 21.5 Å². The maximum absolute atomic E-state index is 13.7. The highest BCUT2D eigenvalue weighted by Crippen LogP contribution is 2.63. The maximum atomic E-state index is 13.7. The molecular formula is C26H18N2O2. The number of amides is 2. The van der Waals surface area contributed by atoms with Gasteiger partial charge in [0.1, 0.15) is 5.41 Å². The van der Waals surface area contributed by atoms with E-state index in [9.17, 15) is 14.9 Å². The zero-order chi connectivity index (χ0) is 20.5. The number of carbonyl (C=O) groups is 2. The third-order valence-corrected chi connectivity index (χ3v) is 7.07. The van der Waals surface area contributed by atoms with Crippen molar-refractivity contribution in [2.24, 2.45) is 11.8 Å². The largest absolute Gasteiger partial charge is 0.278 e. The predicted molar refractivity (Wildman–Crippen MR) is 110 cm³/mol. The van der Waals surface area contributed by atoms with Gasteiger partial charge in [-0.3, -0.25) is 14.5 Å². The Hall–Kier alpha value is -3.71. The summed E-state index contributed by atoms with van der Waals surface area (Å²) in [5.74, 6) is -1.82. The van der Waals surface area contributed by atoms with E-state index in [0.717, 1.165) is 27.8 Å². The molecule has 2 atom stereocenters. The van der Waals surface area contributed by atoms with Crippen LogP contribution in [0.15, 0.2) is 78.9 Å². The molecule has 0 radical (unpaired) electrons. The van der Waals surface area contributed by atoms with E-state index in [-0.39, 0.29) is 24.3 Å². The maximum Gasteiger partial charge on any atom is 0.235 e. The Labute approximate surface area is 174 Å². The molecule has 0 N–H and O–H groups in total. The molecule has 3 aromatic carbocycles. The molecule has 30 heavy (non-hydrogen) atoms. The summed E-state index contributed by atoms with van der Waals surface area (Å²) in [5.41, 5.74) is 3.53. The Morgan fingerprint density at radius 2 is 1.37 bits per heavy atom. The van der Waals surface area contributed by atoms with Gasteiger partial charge in [0, 0.05) is 5.92 Å². The van der Waals surface area contributed by atoms with Crippen molar-refractivity contribution in [2.75, 3.05) is 0 Å². The number of benzene rings is 3. The van der Waals surface area contributed by atoms with Crippen molar-refractivity contribution in [3.05, 3.63) is 107 Å². The molecule has 7 rings (SSSR count). The lowest BCUT2D eigenvalue weighted by molar-refractivity contribution is -0.140. The summed E-state index contributed by atoms with van der Waals surface area (Å²) in [6.07, 6.45) is 0. The van der Waals surface area contributed by atoms with Gasteiger partial charge >= 0.3 is 0 Å². The number of likely N-dealkylation sites (tertiary alicyclic amines) is 1. The van der Waals surface area contributed by atoms with Crippen molar-refractivity contribution >= 4 is 11.8 Å². The molecule has 0 spiro atoms. The molecule has 0 saturated carbocycles. The highest BCUT2D eigenvalue weighted by Gasteiger charge is 2.68. The van der Waals surface area contributed by atoms with Crippen LogP contribution in [0.2, 0.25) is 0 Å². The lowest BCUT2D eigenvalue weighted by atomic mass is 9.48. The first-order valence-corrected chi connectivity index (χ1v) is 10.2. The molecule has 1 fully saturated rings. The van der Waals surface area contributed by atoms with Gasteiger partial charge in [-0.05, 0) is 27.8 Å². The van der Waals surface area contributed by atoms with E-state index in [4.69, 9.17) is 0 Å². The van der Waals surface area contributed by atoms with E-state index >= 15 is 0 Å². The second-order valence-electron chi connectivity index (χ2n) is 8.32. The smallest absolute Gasteiger partial charge is 0.235 e. The SMILES string of the molecule is N#CC12c3ccccc3C(c3ccccc31)[C@H]1C(=O)N(Cc3ccccc3)C(=O)[C@@H]12. The number of nitrogens with zero attached hydrogens (tertiary/aromatic N) is 2. The molecule has 4 heteroatoms. The van der Waals surface area contributed by atoms with Crippen molar-refractivity contribution in [1.29, 1.82) is 5.26 Å². The molecule has 4 nitrogen and oxygen atoms in total. The third kappa shape index (κ3) is 1.90. The third-order valence-electron chi connectivity index (χ3n) is 7.07. The number of carbonyl (C=O) groups excluding carboxylic acids is 2. The molecule has 4 aliphatic rings. The van der Waals surface area contributed by atoms with Gasteiger partial charge in [0.15, 0.2) is 0 Å². The summed E-state index contributed by atoms with van der Waals surface area (Å²) in [6, 6.07) is 27.7. The van der Waals surface area contributed by atoms with Crippen molar-refractivity contribution in [3.8, 4) is 6.07 Å². The van der Waals surface area contributed by atoms with Crippen LogP contribution < -0.4 is 0 Å². The minimum atomic E-state index is -1.13. The molecule has 3 aromatic rings. The van der Waals surface area contributed by atoms with Crippen LogP contribution in [-0.4, -0.2) is 16.7 Å². The summed E-state index contributed by atoms with van der Waals surface area (Å²) in [6.45, 7) is 0.242. The van der Waals surface area contributed by atoms with Crippen molar-refractivity contribution < 1.29 is 9.59 Å². The summed E-state index contributed by atoms with van der Waals surface area (Å²) >= 11 is 0. The average molecular weight is 390 g/mol. The van der Waals surface area contributed by atoms with Gasteiger partial charge in [-0.2, -0.15) is 5.26 Å². The van der Waals surface area contributed by atoms with Crippen LogP contribution in [0.25, 0.3) is 0 Å². The van der Waals surface area contributed by atoms with E-state index in [1.807, 2.05) is 78.9 Å². The van der Waals surface area contributed by atoms with Crippen LogP contribution >= 0.6 is 0 Å². The second kappa shape index (κ2) is 5.90. The molecule has 144 valence electrons. The van der Waals surface area contributed by atoms with Gasteiger partial charge in [0.05, 0.1) is 24.4 Å². The standard InChI is InChI=1S/C26H18N2O2/c27-15-26-19-12-6-4-10-17(19)21(18-11-5-7-13-20(18)26)22-23(26)25(30)28(24(22)29)14-16-8-2-1-3-9-16/h1-13,21-23H,14H2/t21?,22-,23-,26?/m1/s1. The van der Waals surface area contributed by atoms with E-state index in [1.54, 1.807) is 0 Å². The van der Waals surface area contributed by atoms with Crippen LogP contribution in [0.1, 0.15) is 33.7 Å². The van der Waals surface area contributed by atoms with E-state index in [2.05, 4.69) is 6.07 Å². The average Bonchev–Trinajstić information content (AvgIpc) is 3.05. The lowest BCUT2D eigenvalue weighted by Gasteiger charge is -2.50. The Balaban J connectivity index is 1.58. The van der Waals surface area contributed by atoms with Crippen LogP contribution in [0.3, 0.4) is 0 Å². The fraction of sp³-hybridized carbons (Fsp3) is 0.192. The molecule has 1 heterocycles. The Morgan fingerprint density at radius 1 is 0.800 bits per heavy atom. The molecule has 2 bridgehead atoms. The summed E-state index contributed by atoms with van der Waals surface area (Å²) in [5, 5.41) is 10.6. The van der Waals surface area contributed by atoms with Gasteiger partial charge in [0.2, 0.25) is 11.8 Å². The highest BCUT2D eigenvalue weighted by molar-refractivity contribution is 6.08. The summed E-state index contributed by atoms with van der Waals surface area (Å²) in [4.78, 5) is 28.7. The van der Waals surface area contributed by atoms with Crippen LogP contribution in [0.4, 0.5) is 0 Å². The van der Waals surface area contributed by atoms with E-state index in [0.29, 0.717) is 0 Å². The first kappa shape index (κ1) is 17.2. The van der Waals surface area contributed by atoms with E-state index < -0.39 is 17.3 Å². The zero-order valence-corrected chi connectivity index (χ0v) is 16.2. The molecule has 0 unspecified atom stereocenters. The Bertz CT molecular complexity index is 1210. The number of rotatable bonds is 2. The first-order chi connectivity index (χ1) is 14.7. The van der Waals surface area contributed by atoms with Gasteiger partial charge in [-0.25, -0.2) is 0 Å². The first-order valence-electron chi connectivity index (χ1n) is 10.2. The fourth-order valence-electron chi connectivity index (χ4n) is 5.94. The molecule has 1 saturated heterocycles. The van der Waals surface area contributed by atoms with Crippen LogP contribution in [0, 0.1) is 23.2 Å². The fourth-order valence-corrected chi connectivity index (χ4v) is 5.94. The number of hydrogen-bond donors (Lipinski definition) is 0. The number of imide groups is 1. The minimum absolute atomic E-state index is 0.164. The normalized spacial score (nSPS) is 28.0. The van der Waals surface area contributed by atoms with Gasteiger partial charge < -0.3 is 0 Å². The number of hydrogen-bond acceptors (Lipinski definition) is 3. The number of nitriles is 1. The van der Waals surface area contributed by atoms with Gasteiger partial charge in [-0.1, -0.05) is 78.9 Å². The highest BCUT2D eigenvalue weighted by atomic mass is 16.2. The topological polar surface area (TPSA) is 61.2 Å². The zero-order valence-electron chi connectivity index (χ0n) is 16.2. The molecule has 2 amide bonds. The summed E-state index contributed by atoms with van der Waals surface area (Å²) in [7, 11) is 0. The molecular weight excluding hydrogens is 372 g/mol. The van der Waals surface area contributed by atoms with Gasteiger partial charge in [0.25, 0.3) is 0 Å². The van der Waals surface area contributed by atoms with Crippen molar-refractivity contribution in [3.63, 3.8) is 0 Å². The second-order valence-corrected chi connectivity index (χ2v) is 8.32. The van der Waals surface area contributed by atoms with Crippen LogP contribution in [0.5, 0.6) is 0 Å². The Morgan fingerprint density at radius 3 is 1.97 bits per heavy atom. The summed E-state index contributed by atoms with van der Waals surface area (Å²) < 4.78 is 0. The van der Waals surface area contributed by atoms with Crippen molar-refractivity contribution in [1.82, 2.24) is 4.90 Å². The lowest BCUT2D eigenvalue weighted by Crippen LogP contribution is -2.52. The predicted octanol–water partition coefficient (Wildman–Crippen LogP) is 3.76. The minimum Gasteiger partial charge on any atom is -0.278 e. The Kier molecular flexibility index (Phi) is 3.38. The molecule has 0 aromatic heterocycles.